The number of hydrogen-bond acceptors (Lipinski definition) is 3. The molecule has 0 saturated heterocycles. The van der Waals surface area contributed by atoms with Crippen LogP contribution in [0.1, 0.15) is 36.8 Å². The van der Waals surface area contributed by atoms with E-state index in [9.17, 15) is 5.26 Å². The Balaban J connectivity index is 2.02. The van der Waals surface area contributed by atoms with E-state index in [-0.39, 0.29) is 11.5 Å². The molecule has 0 bridgehead atoms. The smallest absolute Gasteiger partial charge is 0.166 e. The number of rotatable bonds is 2. The highest BCUT2D eigenvalue weighted by Crippen LogP contribution is 2.60. The van der Waals surface area contributed by atoms with Gasteiger partial charge in [-0.05, 0) is 37.3 Å². The van der Waals surface area contributed by atoms with E-state index in [0.29, 0.717) is 6.42 Å². The fourth-order valence-electron chi connectivity index (χ4n) is 4.28. The summed E-state index contributed by atoms with van der Waals surface area (Å²) in [6.07, 6.45) is 7.16. The maximum atomic E-state index is 9.38. The molecule has 0 radical (unpaired) electrons. The zero-order valence-corrected chi connectivity index (χ0v) is 11.6. The van der Waals surface area contributed by atoms with E-state index in [0.717, 1.165) is 37.2 Å². The van der Waals surface area contributed by atoms with Gasteiger partial charge in [0.15, 0.2) is 11.5 Å². The van der Waals surface area contributed by atoms with Crippen molar-refractivity contribution in [1.82, 2.24) is 0 Å². The second kappa shape index (κ2) is 4.02. The van der Waals surface area contributed by atoms with Crippen LogP contribution in [-0.2, 0) is 11.8 Å². The van der Waals surface area contributed by atoms with E-state index in [4.69, 9.17) is 9.47 Å². The minimum absolute atomic E-state index is 0.104. The predicted octanol–water partition coefficient (Wildman–Crippen LogP) is 3.27. The van der Waals surface area contributed by atoms with Crippen molar-refractivity contribution in [2.75, 3.05) is 7.11 Å². The van der Waals surface area contributed by atoms with Crippen LogP contribution in [0.15, 0.2) is 23.8 Å². The highest BCUT2D eigenvalue weighted by atomic mass is 16.5. The molecule has 0 aromatic heterocycles. The van der Waals surface area contributed by atoms with Gasteiger partial charge in [-0.1, -0.05) is 17.7 Å². The summed E-state index contributed by atoms with van der Waals surface area (Å²) in [6, 6.07) is 6.53. The van der Waals surface area contributed by atoms with Crippen LogP contribution in [0.2, 0.25) is 0 Å². The summed E-state index contributed by atoms with van der Waals surface area (Å²) in [6.45, 7) is 0. The number of benzene rings is 1. The first kappa shape index (κ1) is 11.8. The van der Waals surface area contributed by atoms with E-state index >= 15 is 0 Å². The Hall–Kier alpha value is -1.95. The molecule has 2 aliphatic carbocycles. The topological polar surface area (TPSA) is 42.2 Å². The van der Waals surface area contributed by atoms with Gasteiger partial charge in [-0.25, -0.2) is 0 Å². The molecule has 3 heteroatoms. The Kier molecular flexibility index (Phi) is 2.38. The van der Waals surface area contributed by atoms with Gasteiger partial charge in [-0.2, -0.15) is 5.26 Å². The van der Waals surface area contributed by atoms with Crippen molar-refractivity contribution in [1.29, 1.82) is 5.26 Å². The first-order valence-corrected chi connectivity index (χ1v) is 7.24. The van der Waals surface area contributed by atoms with E-state index in [2.05, 4.69) is 18.2 Å². The molecule has 1 aromatic carbocycles. The van der Waals surface area contributed by atoms with Crippen LogP contribution in [0, 0.1) is 11.3 Å². The van der Waals surface area contributed by atoms with Crippen molar-refractivity contribution in [3.05, 3.63) is 34.9 Å². The molecule has 1 fully saturated rings. The lowest BCUT2D eigenvalue weighted by Gasteiger charge is -2.41. The molecule has 20 heavy (non-hydrogen) atoms. The predicted molar refractivity (Wildman–Crippen MR) is 75.0 cm³/mol. The number of allylic oxidation sites excluding steroid dienone is 1. The molecule has 2 atom stereocenters. The Morgan fingerprint density at radius 2 is 2.40 bits per heavy atom. The van der Waals surface area contributed by atoms with Crippen LogP contribution in [0.4, 0.5) is 0 Å². The normalized spacial score (nSPS) is 29.0. The lowest BCUT2D eigenvalue weighted by Crippen LogP contribution is -2.44. The monoisotopic (exact) mass is 267 g/mol. The van der Waals surface area contributed by atoms with Gasteiger partial charge >= 0.3 is 0 Å². The SMILES string of the molecule is COc1ccc2c3c1O[C@H]1CCCC(=CC2)[C@@]31CC#N. The molecular formula is C17H17NO2. The summed E-state index contributed by atoms with van der Waals surface area (Å²) in [5.41, 5.74) is 3.74. The summed E-state index contributed by atoms with van der Waals surface area (Å²) in [7, 11) is 1.68. The Bertz CT molecular complexity index is 656. The molecule has 3 nitrogen and oxygen atoms in total. The van der Waals surface area contributed by atoms with E-state index in [1.165, 1.54) is 16.7 Å². The van der Waals surface area contributed by atoms with Gasteiger partial charge in [0.1, 0.15) is 6.10 Å². The molecule has 1 saturated carbocycles. The Labute approximate surface area is 118 Å². The van der Waals surface area contributed by atoms with E-state index in [1.54, 1.807) is 7.11 Å². The second-order valence-corrected chi connectivity index (χ2v) is 5.87. The Morgan fingerprint density at radius 1 is 1.50 bits per heavy atom. The molecule has 3 aliphatic rings. The number of methoxy groups -OCH3 is 1. The summed E-state index contributed by atoms with van der Waals surface area (Å²) in [5, 5.41) is 9.38. The van der Waals surface area contributed by atoms with Crippen LogP contribution in [0.3, 0.4) is 0 Å². The molecule has 1 heterocycles. The van der Waals surface area contributed by atoms with Gasteiger partial charge in [0, 0.05) is 5.56 Å². The lowest BCUT2D eigenvalue weighted by atomic mass is 9.60. The summed E-state index contributed by atoms with van der Waals surface area (Å²) in [4.78, 5) is 0. The summed E-state index contributed by atoms with van der Waals surface area (Å²) in [5.74, 6) is 1.69. The number of nitrogens with zero attached hydrogens (tertiary/aromatic N) is 1. The molecule has 1 aliphatic heterocycles. The van der Waals surface area contributed by atoms with Crippen LogP contribution in [0.25, 0.3) is 0 Å². The average molecular weight is 267 g/mol. The van der Waals surface area contributed by atoms with Crippen molar-refractivity contribution in [3.8, 4) is 17.6 Å². The lowest BCUT2D eigenvalue weighted by molar-refractivity contribution is 0.131. The Morgan fingerprint density at radius 3 is 3.20 bits per heavy atom. The minimum Gasteiger partial charge on any atom is -0.493 e. The van der Waals surface area contributed by atoms with Crippen LogP contribution in [0.5, 0.6) is 11.5 Å². The molecular weight excluding hydrogens is 250 g/mol. The fourth-order valence-corrected chi connectivity index (χ4v) is 4.28. The average Bonchev–Trinajstić information content (AvgIpc) is 2.81. The third-order valence-electron chi connectivity index (χ3n) is 5.10. The zero-order chi connectivity index (χ0) is 13.7. The van der Waals surface area contributed by atoms with Gasteiger partial charge in [0.2, 0.25) is 0 Å². The first-order chi connectivity index (χ1) is 9.81. The molecule has 0 unspecified atom stereocenters. The fraction of sp³-hybridized carbons (Fsp3) is 0.471. The summed E-state index contributed by atoms with van der Waals surface area (Å²) < 4.78 is 11.7. The van der Waals surface area contributed by atoms with Gasteiger partial charge < -0.3 is 9.47 Å². The second-order valence-electron chi connectivity index (χ2n) is 5.87. The van der Waals surface area contributed by atoms with E-state index in [1.807, 2.05) is 6.07 Å². The summed E-state index contributed by atoms with van der Waals surface area (Å²) >= 11 is 0. The molecule has 0 spiro atoms. The molecule has 1 aromatic rings. The third-order valence-corrected chi connectivity index (χ3v) is 5.10. The van der Waals surface area contributed by atoms with Crippen molar-refractivity contribution in [3.63, 3.8) is 0 Å². The minimum atomic E-state index is -0.204. The van der Waals surface area contributed by atoms with Crippen molar-refractivity contribution >= 4 is 0 Å². The number of nitriles is 1. The maximum Gasteiger partial charge on any atom is 0.166 e. The van der Waals surface area contributed by atoms with Crippen molar-refractivity contribution in [2.45, 2.75) is 43.6 Å². The van der Waals surface area contributed by atoms with E-state index < -0.39 is 0 Å². The van der Waals surface area contributed by atoms with Gasteiger partial charge in [0.25, 0.3) is 0 Å². The maximum absolute atomic E-state index is 9.38. The standard InChI is InChI=1S/C17H17NO2/c1-19-13-8-6-11-5-7-12-3-2-4-14-17(12,9-10-18)15(11)16(13)20-14/h6-8,14H,2-5,9H2,1H3/t14-,17+/m0/s1. The van der Waals surface area contributed by atoms with Crippen molar-refractivity contribution < 1.29 is 9.47 Å². The third kappa shape index (κ3) is 1.24. The van der Waals surface area contributed by atoms with Crippen LogP contribution in [-0.4, -0.2) is 13.2 Å². The molecule has 0 N–H and O–H groups in total. The number of ether oxygens (including phenoxy) is 2. The number of hydrogen-bond donors (Lipinski definition) is 0. The van der Waals surface area contributed by atoms with Gasteiger partial charge in [-0.3, -0.25) is 0 Å². The largest absolute Gasteiger partial charge is 0.493 e. The molecule has 4 rings (SSSR count). The zero-order valence-electron chi connectivity index (χ0n) is 11.6. The highest BCUT2D eigenvalue weighted by molar-refractivity contribution is 5.64. The van der Waals surface area contributed by atoms with Crippen molar-refractivity contribution in [2.24, 2.45) is 0 Å². The van der Waals surface area contributed by atoms with Crippen LogP contribution < -0.4 is 9.47 Å². The molecule has 0 amide bonds. The first-order valence-electron chi connectivity index (χ1n) is 7.24. The molecule has 102 valence electrons. The highest BCUT2D eigenvalue weighted by Gasteiger charge is 2.55. The van der Waals surface area contributed by atoms with Crippen LogP contribution >= 0.6 is 0 Å². The van der Waals surface area contributed by atoms with Gasteiger partial charge in [0.05, 0.1) is 25.0 Å². The quantitative estimate of drug-likeness (QED) is 0.772. The van der Waals surface area contributed by atoms with Gasteiger partial charge in [-0.15, -0.1) is 0 Å².